The van der Waals surface area contributed by atoms with Gasteiger partial charge in [0.05, 0.1) is 13.2 Å². The summed E-state index contributed by atoms with van der Waals surface area (Å²) in [5.41, 5.74) is -0.975. The lowest BCUT2D eigenvalue weighted by atomic mass is 10.1. The summed E-state index contributed by atoms with van der Waals surface area (Å²) in [6, 6.07) is 3.65. The fraction of sp³-hybridized carbons (Fsp3) is 0.556. The maximum absolute atomic E-state index is 9.79. The van der Waals surface area contributed by atoms with Crippen LogP contribution in [0.3, 0.4) is 0 Å². The number of aliphatic hydroxyl groups is 2. The van der Waals surface area contributed by atoms with Crippen molar-refractivity contribution < 1.29 is 10.2 Å². The topological polar surface area (TPSA) is 69.5 Å². The summed E-state index contributed by atoms with van der Waals surface area (Å²) in [4.78, 5) is 1.92. The molecule has 0 amide bonds. The van der Waals surface area contributed by atoms with E-state index < -0.39 is 5.60 Å². The largest absolute Gasteiger partial charge is 0.393 e. The number of β-amino-alcohol motifs (C(OH)–C–C–N with tert-alkyl or cyclic N) is 1. The van der Waals surface area contributed by atoms with Gasteiger partial charge in [-0.1, -0.05) is 0 Å². The van der Waals surface area contributed by atoms with Crippen molar-refractivity contribution in [3.8, 4) is 0 Å². The molecule has 1 aromatic rings. The summed E-state index contributed by atoms with van der Waals surface area (Å²) < 4.78 is 0. The van der Waals surface area contributed by atoms with Crippen LogP contribution in [0.4, 0.5) is 5.82 Å². The van der Waals surface area contributed by atoms with Crippen molar-refractivity contribution >= 4 is 5.82 Å². The summed E-state index contributed by atoms with van der Waals surface area (Å²) in [6.07, 6.45) is 2.18. The summed E-state index contributed by atoms with van der Waals surface area (Å²) in [7, 11) is 0. The molecule has 0 bridgehead atoms. The van der Waals surface area contributed by atoms with E-state index in [0.29, 0.717) is 19.5 Å². The lowest BCUT2D eigenvalue weighted by Crippen LogP contribution is -2.36. The van der Waals surface area contributed by atoms with E-state index in [9.17, 15) is 5.11 Å². The number of aromatic nitrogens is 2. The number of hydrogen-bond donors (Lipinski definition) is 2. The van der Waals surface area contributed by atoms with Gasteiger partial charge in [-0.2, -0.15) is 5.10 Å². The minimum absolute atomic E-state index is 0.205. The average Bonchev–Trinajstić information content (AvgIpc) is 2.63. The van der Waals surface area contributed by atoms with Gasteiger partial charge in [-0.05, 0) is 18.6 Å². The third kappa shape index (κ3) is 1.69. The smallest absolute Gasteiger partial charge is 0.151 e. The van der Waals surface area contributed by atoms with Crippen LogP contribution in [0.25, 0.3) is 0 Å². The van der Waals surface area contributed by atoms with Crippen molar-refractivity contribution in [3.63, 3.8) is 0 Å². The molecule has 1 aliphatic rings. The molecule has 0 radical (unpaired) electrons. The lowest BCUT2D eigenvalue weighted by Gasteiger charge is -2.20. The minimum Gasteiger partial charge on any atom is -0.393 e. The molecule has 1 atom stereocenters. The SMILES string of the molecule is OCC1(O)CCN(c2cccnn2)C1. The van der Waals surface area contributed by atoms with E-state index in [4.69, 9.17) is 5.11 Å². The minimum atomic E-state index is -0.975. The summed E-state index contributed by atoms with van der Waals surface area (Å²) in [5.74, 6) is 0.747. The Morgan fingerprint density at radius 2 is 2.43 bits per heavy atom. The van der Waals surface area contributed by atoms with E-state index in [1.165, 1.54) is 0 Å². The third-order valence-electron chi connectivity index (χ3n) is 2.51. The van der Waals surface area contributed by atoms with Gasteiger partial charge in [0.15, 0.2) is 5.82 Å². The Labute approximate surface area is 82.0 Å². The first kappa shape index (κ1) is 9.36. The summed E-state index contributed by atoms with van der Waals surface area (Å²) in [5, 5.41) is 26.5. The van der Waals surface area contributed by atoms with Crippen molar-refractivity contribution in [1.82, 2.24) is 10.2 Å². The van der Waals surface area contributed by atoms with Crippen LogP contribution in [0.5, 0.6) is 0 Å². The fourth-order valence-electron chi connectivity index (χ4n) is 1.64. The molecular weight excluding hydrogens is 182 g/mol. The Bertz CT molecular complexity index is 306. The number of rotatable bonds is 2. The zero-order valence-electron chi connectivity index (χ0n) is 7.80. The van der Waals surface area contributed by atoms with Crippen LogP contribution in [0.1, 0.15) is 6.42 Å². The number of nitrogens with zero attached hydrogens (tertiary/aromatic N) is 3. The van der Waals surface area contributed by atoms with E-state index in [-0.39, 0.29) is 6.61 Å². The quantitative estimate of drug-likeness (QED) is 0.660. The van der Waals surface area contributed by atoms with Gasteiger partial charge in [-0.25, -0.2) is 0 Å². The highest BCUT2D eigenvalue weighted by Crippen LogP contribution is 2.24. The van der Waals surface area contributed by atoms with Gasteiger partial charge in [-0.3, -0.25) is 0 Å². The maximum atomic E-state index is 9.79. The molecule has 2 N–H and O–H groups in total. The predicted octanol–water partition coefficient (Wildman–Crippen LogP) is -0.590. The van der Waals surface area contributed by atoms with E-state index in [1.54, 1.807) is 12.3 Å². The first-order valence-electron chi connectivity index (χ1n) is 4.59. The molecule has 5 nitrogen and oxygen atoms in total. The fourth-order valence-corrected chi connectivity index (χ4v) is 1.64. The van der Waals surface area contributed by atoms with Crippen molar-refractivity contribution in [2.45, 2.75) is 12.0 Å². The molecule has 2 rings (SSSR count). The molecule has 1 saturated heterocycles. The van der Waals surface area contributed by atoms with Crippen molar-refractivity contribution in [3.05, 3.63) is 18.3 Å². The van der Waals surface area contributed by atoms with Crippen LogP contribution in [0.2, 0.25) is 0 Å². The van der Waals surface area contributed by atoms with E-state index in [1.807, 2.05) is 11.0 Å². The average molecular weight is 195 g/mol. The van der Waals surface area contributed by atoms with Gasteiger partial charge in [0.2, 0.25) is 0 Å². The molecular formula is C9H13N3O2. The van der Waals surface area contributed by atoms with Crippen LogP contribution < -0.4 is 4.90 Å². The zero-order valence-corrected chi connectivity index (χ0v) is 7.80. The molecule has 0 aromatic carbocycles. The second-order valence-electron chi connectivity index (χ2n) is 3.64. The highest BCUT2D eigenvalue weighted by atomic mass is 16.3. The Balaban J connectivity index is 2.10. The highest BCUT2D eigenvalue weighted by Gasteiger charge is 2.35. The molecule has 1 fully saturated rings. The zero-order chi connectivity index (χ0) is 10.0. The third-order valence-corrected chi connectivity index (χ3v) is 2.51. The Morgan fingerprint density at radius 3 is 3.00 bits per heavy atom. The maximum Gasteiger partial charge on any atom is 0.151 e. The summed E-state index contributed by atoms with van der Waals surface area (Å²) in [6.45, 7) is 0.918. The van der Waals surface area contributed by atoms with Crippen molar-refractivity contribution in [2.24, 2.45) is 0 Å². The standard InChI is InChI=1S/C9H13N3O2/c13-7-9(14)3-5-12(6-9)8-2-1-4-10-11-8/h1-2,4,13-14H,3,5-7H2. The molecule has 2 heterocycles. The molecule has 1 aliphatic heterocycles. The first-order chi connectivity index (χ1) is 6.73. The molecule has 1 unspecified atom stereocenters. The van der Waals surface area contributed by atoms with Crippen molar-refractivity contribution in [1.29, 1.82) is 0 Å². The number of aliphatic hydroxyl groups excluding tert-OH is 1. The van der Waals surface area contributed by atoms with Gasteiger partial charge < -0.3 is 15.1 Å². The normalized spacial score (nSPS) is 26.9. The molecule has 0 aliphatic carbocycles. The van der Waals surface area contributed by atoms with Crippen LogP contribution >= 0.6 is 0 Å². The second-order valence-corrected chi connectivity index (χ2v) is 3.64. The second kappa shape index (κ2) is 3.51. The molecule has 76 valence electrons. The Morgan fingerprint density at radius 1 is 1.57 bits per heavy atom. The van der Waals surface area contributed by atoms with Crippen LogP contribution in [0.15, 0.2) is 18.3 Å². The van der Waals surface area contributed by atoms with Crippen molar-refractivity contribution in [2.75, 3.05) is 24.6 Å². The van der Waals surface area contributed by atoms with E-state index in [2.05, 4.69) is 10.2 Å². The molecule has 0 saturated carbocycles. The first-order valence-corrected chi connectivity index (χ1v) is 4.59. The van der Waals surface area contributed by atoms with Gasteiger partial charge in [0, 0.05) is 12.7 Å². The number of anilines is 1. The number of hydrogen-bond acceptors (Lipinski definition) is 5. The Kier molecular flexibility index (Phi) is 2.35. The lowest BCUT2D eigenvalue weighted by molar-refractivity contribution is 0.00473. The van der Waals surface area contributed by atoms with Gasteiger partial charge >= 0.3 is 0 Å². The van der Waals surface area contributed by atoms with Gasteiger partial charge in [-0.15, -0.1) is 5.10 Å². The predicted molar refractivity (Wildman–Crippen MR) is 50.9 cm³/mol. The van der Waals surface area contributed by atoms with Crippen LogP contribution in [-0.2, 0) is 0 Å². The highest BCUT2D eigenvalue weighted by molar-refractivity contribution is 5.38. The van der Waals surface area contributed by atoms with Crippen LogP contribution in [-0.4, -0.2) is 45.7 Å². The monoisotopic (exact) mass is 195 g/mol. The Hall–Kier alpha value is -1.20. The van der Waals surface area contributed by atoms with Gasteiger partial charge in [0.25, 0.3) is 0 Å². The molecule has 14 heavy (non-hydrogen) atoms. The molecule has 5 heteroatoms. The van der Waals surface area contributed by atoms with E-state index in [0.717, 1.165) is 5.82 Å². The molecule has 1 aromatic heterocycles. The van der Waals surface area contributed by atoms with Gasteiger partial charge in [0.1, 0.15) is 5.60 Å². The summed E-state index contributed by atoms with van der Waals surface area (Å²) >= 11 is 0. The van der Waals surface area contributed by atoms with Crippen LogP contribution in [0, 0.1) is 0 Å². The van der Waals surface area contributed by atoms with E-state index >= 15 is 0 Å². The molecule has 0 spiro atoms.